The number of carbonyl (C=O) groups is 2. The van der Waals surface area contributed by atoms with Crippen LogP contribution in [-0.2, 0) is 9.59 Å². The third-order valence-corrected chi connectivity index (χ3v) is 0.349. The summed E-state index contributed by atoms with van der Waals surface area (Å²) >= 11 is 0. The molecule has 0 saturated carbocycles. The van der Waals surface area contributed by atoms with Crippen molar-refractivity contribution in [2.45, 2.75) is 0 Å². The van der Waals surface area contributed by atoms with E-state index in [0.717, 1.165) is 12.2 Å². The van der Waals surface area contributed by atoms with Gasteiger partial charge in [-0.3, -0.25) is 0 Å². The molecule has 0 unspecified atom stereocenters. The Morgan fingerprint density at radius 1 is 1.08 bits per heavy atom. The first-order valence-electron chi connectivity index (χ1n) is 2.63. The van der Waals surface area contributed by atoms with Crippen molar-refractivity contribution in [1.29, 1.82) is 0 Å². The zero-order chi connectivity index (χ0) is 10.6. The Bertz CT molecular complexity index is 140. The van der Waals surface area contributed by atoms with Gasteiger partial charge in [-0.15, -0.1) is 0 Å². The molecule has 12 heavy (non-hydrogen) atoms. The normalized spacial score (nSPS) is 6.08. The van der Waals surface area contributed by atoms with Crippen molar-refractivity contribution in [3.05, 3.63) is 25.3 Å². The summed E-state index contributed by atoms with van der Waals surface area (Å²) in [5.74, 6) is -1.96. The van der Waals surface area contributed by atoms with Crippen LogP contribution in [0.3, 0.4) is 0 Å². The van der Waals surface area contributed by atoms with E-state index in [2.05, 4.69) is 13.2 Å². The van der Waals surface area contributed by atoms with E-state index in [9.17, 15) is 13.7 Å². The minimum Gasteiger partial charge on any atom is -0.478 e. The number of carboxylic acids is 2. The van der Waals surface area contributed by atoms with Crippen LogP contribution in [0, 0.1) is 0 Å². The maximum absolute atomic E-state index is 9.64. The molecular formula is C6H11FO4Si. The molecule has 0 amide bonds. The van der Waals surface area contributed by atoms with Crippen molar-refractivity contribution in [3.63, 3.8) is 0 Å². The average molecular weight is 194 g/mol. The first-order valence-corrected chi connectivity index (χ1v) is 3.38. The summed E-state index contributed by atoms with van der Waals surface area (Å²) in [7, 11) is -0.194. The van der Waals surface area contributed by atoms with Crippen LogP contribution in [0.25, 0.3) is 0 Å². The molecular weight excluding hydrogens is 183 g/mol. The molecule has 2 N–H and O–H groups in total. The van der Waals surface area contributed by atoms with Gasteiger partial charge in [0.25, 0.3) is 0 Å². The van der Waals surface area contributed by atoms with Crippen LogP contribution in [0.1, 0.15) is 0 Å². The molecule has 0 atom stereocenters. The zero-order valence-electron chi connectivity index (χ0n) is 6.66. The summed E-state index contributed by atoms with van der Waals surface area (Å²) in [6, 6.07) is 0. The molecule has 0 aliphatic heterocycles. The zero-order valence-corrected chi connectivity index (χ0v) is 8.66. The molecule has 0 aliphatic rings. The Balaban J connectivity index is -0.000000112. The summed E-state index contributed by atoms with van der Waals surface area (Å²) in [6.07, 6.45) is 1.67. The van der Waals surface area contributed by atoms with E-state index in [4.69, 9.17) is 10.2 Å². The second-order valence-electron chi connectivity index (χ2n) is 1.08. The number of hydrogen-bond donors (Lipinski definition) is 2. The Kier molecular flexibility index (Phi) is 22.9. The molecule has 0 aromatic carbocycles. The molecule has 6 heteroatoms. The average Bonchev–Trinajstić information content (AvgIpc) is 2.09. The van der Waals surface area contributed by atoms with Gasteiger partial charge in [0.1, 0.15) is 0 Å². The fourth-order valence-electron chi connectivity index (χ4n) is 0. The lowest BCUT2D eigenvalue weighted by Crippen LogP contribution is -1.82. The van der Waals surface area contributed by atoms with Gasteiger partial charge in [-0.05, 0) is 0 Å². The third-order valence-electron chi connectivity index (χ3n) is 0.349. The van der Waals surface area contributed by atoms with Crippen molar-refractivity contribution < 1.29 is 23.9 Å². The highest BCUT2D eigenvalue weighted by atomic mass is 28.2. The van der Waals surface area contributed by atoms with Gasteiger partial charge in [0.15, 0.2) is 0 Å². The molecule has 0 aromatic rings. The second kappa shape index (κ2) is 16.3. The van der Waals surface area contributed by atoms with Gasteiger partial charge in [0, 0.05) is 12.2 Å². The maximum Gasteiger partial charge on any atom is 0.327 e. The van der Waals surface area contributed by atoms with Crippen molar-refractivity contribution >= 4 is 22.5 Å². The summed E-state index contributed by atoms with van der Waals surface area (Å²) in [5, 5.41) is 15.2. The highest BCUT2D eigenvalue weighted by molar-refractivity contribution is 5.96. The Morgan fingerprint density at radius 2 is 1.17 bits per heavy atom. The lowest BCUT2D eigenvalue weighted by Gasteiger charge is -1.64. The van der Waals surface area contributed by atoms with Gasteiger partial charge in [0.2, 0.25) is 10.6 Å². The van der Waals surface area contributed by atoms with Crippen LogP contribution in [0.4, 0.5) is 4.11 Å². The molecule has 0 bridgehead atoms. The van der Waals surface area contributed by atoms with Crippen molar-refractivity contribution in [2.24, 2.45) is 0 Å². The van der Waals surface area contributed by atoms with Crippen LogP contribution in [-0.4, -0.2) is 32.7 Å². The molecule has 4 nitrogen and oxygen atoms in total. The van der Waals surface area contributed by atoms with E-state index in [0.29, 0.717) is 0 Å². The van der Waals surface area contributed by atoms with Crippen molar-refractivity contribution in [1.82, 2.24) is 0 Å². The molecule has 0 radical (unpaired) electrons. The number of hydrogen-bond acceptors (Lipinski definition) is 2. The Hall–Kier alpha value is -1.43. The molecule has 0 saturated heterocycles. The topological polar surface area (TPSA) is 74.6 Å². The van der Waals surface area contributed by atoms with E-state index in [1.807, 2.05) is 0 Å². The Labute approximate surface area is 72.6 Å². The minimum atomic E-state index is -0.981. The fraction of sp³-hybridized carbons (Fsp3) is 0. The van der Waals surface area contributed by atoms with Gasteiger partial charge < -0.3 is 14.3 Å². The highest BCUT2D eigenvalue weighted by Crippen LogP contribution is 1.55. The van der Waals surface area contributed by atoms with Gasteiger partial charge in [-0.1, -0.05) is 13.2 Å². The number of carboxylic acid groups (broad SMARTS) is 2. The SMILES string of the molecule is C=CC(=O)O.C=CC(=O)O.F[SiH3]. The molecule has 70 valence electrons. The molecule has 0 rings (SSSR count). The van der Waals surface area contributed by atoms with Gasteiger partial charge in [-0.2, -0.15) is 0 Å². The quantitative estimate of drug-likeness (QED) is 0.361. The lowest BCUT2D eigenvalue weighted by molar-refractivity contribution is -0.132. The van der Waals surface area contributed by atoms with Crippen molar-refractivity contribution in [3.8, 4) is 0 Å². The third kappa shape index (κ3) is 74.4. The summed E-state index contributed by atoms with van der Waals surface area (Å²) in [4.78, 5) is 18.5. The standard InChI is InChI=1S/2C3H4O2.FH3Si/c2*1-2-3(4)5;1-2/h2*2H,1H2,(H,4,5);2H3. The monoisotopic (exact) mass is 194 g/mol. The fourth-order valence-corrected chi connectivity index (χ4v) is 0. The van der Waals surface area contributed by atoms with Crippen LogP contribution >= 0.6 is 0 Å². The summed E-state index contributed by atoms with van der Waals surface area (Å²) in [5.41, 5.74) is 0. The molecule has 0 aliphatic carbocycles. The number of aliphatic carboxylic acids is 2. The summed E-state index contributed by atoms with van der Waals surface area (Å²) < 4.78 is 9.64. The van der Waals surface area contributed by atoms with Crippen LogP contribution in [0.2, 0.25) is 0 Å². The first kappa shape index (κ1) is 16.9. The molecule has 0 heterocycles. The number of halogens is 1. The minimum absolute atomic E-state index is 0.194. The van der Waals surface area contributed by atoms with E-state index >= 15 is 0 Å². The Morgan fingerprint density at radius 3 is 1.17 bits per heavy atom. The van der Waals surface area contributed by atoms with Crippen molar-refractivity contribution in [2.75, 3.05) is 0 Å². The van der Waals surface area contributed by atoms with Gasteiger partial charge in [-0.25, -0.2) is 9.59 Å². The molecule has 0 spiro atoms. The second-order valence-corrected chi connectivity index (χ2v) is 1.08. The van der Waals surface area contributed by atoms with E-state index in [1.165, 1.54) is 0 Å². The maximum atomic E-state index is 9.64. The summed E-state index contributed by atoms with van der Waals surface area (Å²) in [6.45, 7) is 5.92. The lowest BCUT2D eigenvalue weighted by atomic mass is 10.7. The molecule has 0 fully saturated rings. The van der Waals surface area contributed by atoms with E-state index in [-0.39, 0.29) is 10.6 Å². The predicted molar refractivity (Wildman–Crippen MR) is 46.7 cm³/mol. The molecule has 0 aromatic heterocycles. The first-order chi connectivity index (χ1) is 5.54. The van der Waals surface area contributed by atoms with E-state index < -0.39 is 11.9 Å². The van der Waals surface area contributed by atoms with Crippen LogP contribution in [0.5, 0.6) is 0 Å². The number of rotatable bonds is 2. The van der Waals surface area contributed by atoms with Crippen LogP contribution in [0.15, 0.2) is 25.3 Å². The van der Waals surface area contributed by atoms with Gasteiger partial charge in [0.05, 0.1) is 0 Å². The van der Waals surface area contributed by atoms with Crippen LogP contribution < -0.4 is 0 Å². The largest absolute Gasteiger partial charge is 0.478 e. The smallest absolute Gasteiger partial charge is 0.327 e. The van der Waals surface area contributed by atoms with Gasteiger partial charge >= 0.3 is 11.9 Å². The van der Waals surface area contributed by atoms with E-state index in [1.54, 1.807) is 0 Å². The highest BCUT2D eigenvalue weighted by Gasteiger charge is 1.73. The predicted octanol–water partition coefficient (Wildman–Crippen LogP) is -0.250.